The van der Waals surface area contributed by atoms with Crippen LogP contribution in [0.15, 0.2) is 71.2 Å². The van der Waals surface area contributed by atoms with Crippen molar-refractivity contribution in [3.63, 3.8) is 0 Å². The zero-order valence-electron chi connectivity index (χ0n) is 22.1. The van der Waals surface area contributed by atoms with Crippen molar-refractivity contribution in [2.24, 2.45) is 13.0 Å². The molecule has 9 heteroatoms. The molecule has 4 rings (SSSR count). The second-order valence-electron chi connectivity index (χ2n) is 9.75. The lowest BCUT2D eigenvalue weighted by molar-refractivity contribution is -0.124. The molecule has 3 aromatic carbocycles. The lowest BCUT2D eigenvalue weighted by atomic mass is 10.1. The summed E-state index contributed by atoms with van der Waals surface area (Å²) in [6.45, 7) is 5.88. The maximum Gasteiger partial charge on any atom is 0.268 e. The van der Waals surface area contributed by atoms with Gasteiger partial charge in [-0.05, 0) is 66.6 Å². The van der Waals surface area contributed by atoms with Crippen LogP contribution in [-0.2, 0) is 18.4 Å². The first-order chi connectivity index (χ1) is 18.5. The van der Waals surface area contributed by atoms with Gasteiger partial charge in [0.2, 0.25) is 5.91 Å². The molecule has 4 aromatic rings. The van der Waals surface area contributed by atoms with E-state index in [4.69, 9.17) is 11.6 Å². The van der Waals surface area contributed by atoms with Crippen LogP contribution < -0.4 is 16.0 Å². The topological polar surface area (TPSA) is 92.2 Å². The van der Waals surface area contributed by atoms with Gasteiger partial charge in [0.25, 0.3) is 11.8 Å². The van der Waals surface area contributed by atoms with Gasteiger partial charge in [0.1, 0.15) is 5.69 Å². The van der Waals surface area contributed by atoms with Gasteiger partial charge in [0.15, 0.2) is 0 Å². The Morgan fingerprint density at radius 1 is 0.923 bits per heavy atom. The molecule has 1 heterocycles. The fraction of sp³-hybridized carbons (Fsp3) is 0.233. The van der Waals surface area contributed by atoms with Gasteiger partial charge >= 0.3 is 0 Å². The molecule has 0 spiro atoms. The molecule has 3 N–H and O–H groups in total. The lowest BCUT2D eigenvalue weighted by Gasteiger charge is -2.15. The maximum atomic E-state index is 13.1. The normalized spacial score (nSPS) is 11.9. The molecule has 0 aliphatic rings. The van der Waals surface area contributed by atoms with E-state index < -0.39 is 0 Å². The molecule has 1 aromatic heterocycles. The number of benzene rings is 3. The number of carbonyl (C=O) groups excluding carboxylic acids is 3. The third kappa shape index (κ3) is 6.69. The van der Waals surface area contributed by atoms with E-state index in [0.717, 1.165) is 26.5 Å². The summed E-state index contributed by atoms with van der Waals surface area (Å²) in [5.41, 5.74) is 4.02. The summed E-state index contributed by atoms with van der Waals surface area (Å²) in [5.74, 6) is -0.756. The van der Waals surface area contributed by atoms with Gasteiger partial charge in [-0.2, -0.15) is 0 Å². The highest BCUT2D eigenvalue weighted by Crippen LogP contribution is 2.25. The van der Waals surface area contributed by atoms with Crippen LogP contribution in [0, 0.1) is 5.92 Å². The molecule has 0 fully saturated rings. The molecule has 0 saturated heterocycles. The standard InChI is InChI=1S/C30H30BrClN4O3/c1-17(2)28(37)33-16-19-5-11-25(32)24(13-19)29(38)35-23-10-12-26-21(14-23)15-27(36(26)4)30(39)34-18(3)20-6-8-22(31)9-7-20/h5-15,17-18H,16H2,1-4H3,(H,33,37)(H,34,39)(H,35,38)/t18-/m0/s1. The number of hydrogen-bond acceptors (Lipinski definition) is 3. The van der Waals surface area contributed by atoms with Crippen LogP contribution in [0.1, 0.15) is 58.8 Å². The second kappa shape index (κ2) is 12.1. The van der Waals surface area contributed by atoms with Crippen LogP contribution in [0.2, 0.25) is 5.02 Å². The highest BCUT2D eigenvalue weighted by molar-refractivity contribution is 9.10. The number of carbonyl (C=O) groups is 3. The Morgan fingerprint density at radius 3 is 2.33 bits per heavy atom. The summed E-state index contributed by atoms with van der Waals surface area (Å²) in [5, 5.41) is 9.91. The highest BCUT2D eigenvalue weighted by Gasteiger charge is 2.18. The van der Waals surface area contributed by atoms with Crippen molar-refractivity contribution in [2.45, 2.75) is 33.4 Å². The molecular weight excluding hydrogens is 580 g/mol. The van der Waals surface area contributed by atoms with E-state index >= 15 is 0 Å². The SMILES string of the molecule is CC(C)C(=O)NCc1ccc(Cl)c(C(=O)Nc2ccc3c(c2)cc(C(=O)N[C@@H](C)c2ccc(Br)cc2)n3C)c1. The number of amides is 3. The second-order valence-corrected chi connectivity index (χ2v) is 11.1. The van der Waals surface area contributed by atoms with Crippen molar-refractivity contribution in [1.82, 2.24) is 15.2 Å². The summed E-state index contributed by atoms with van der Waals surface area (Å²) < 4.78 is 2.81. The molecule has 1 atom stereocenters. The number of aryl methyl sites for hydroxylation is 1. The van der Waals surface area contributed by atoms with Crippen molar-refractivity contribution in [3.8, 4) is 0 Å². The van der Waals surface area contributed by atoms with E-state index in [9.17, 15) is 14.4 Å². The molecule has 0 aliphatic carbocycles. The number of nitrogens with zero attached hydrogens (tertiary/aromatic N) is 1. The molecule has 0 aliphatic heterocycles. The quantitative estimate of drug-likeness (QED) is 0.210. The van der Waals surface area contributed by atoms with E-state index in [1.807, 2.05) is 68.8 Å². The van der Waals surface area contributed by atoms with Crippen LogP contribution in [0.25, 0.3) is 10.9 Å². The van der Waals surface area contributed by atoms with Crippen molar-refractivity contribution < 1.29 is 14.4 Å². The number of hydrogen-bond donors (Lipinski definition) is 3. The van der Waals surface area contributed by atoms with Crippen LogP contribution in [0.4, 0.5) is 5.69 Å². The molecule has 7 nitrogen and oxygen atoms in total. The van der Waals surface area contributed by atoms with Gasteiger partial charge in [-0.3, -0.25) is 14.4 Å². The Kier molecular flexibility index (Phi) is 8.77. The highest BCUT2D eigenvalue weighted by atomic mass is 79.9. The van der Waals surface area contributed by atoms with E-state index in [1.165, 1.54) is 0 Å². The minimum Gasteiger partial charge on any atom is -0.352 e. The van der Waals surface area contributed by atoms with E-state index in [0.29, 0.717) is 28.5 Å². The summed E-state index contributed by atoms with van der Waals surface area (Å²) in [7, 11) is 1.84. The first-order valence-corrected chi connectivity index (χ1v) is 13.7. The van der Waals surface area contributed by atoms with Gasteiger partial charge in [0, 0.05) is 40.6 Å². The number of nitrogens with one attached hydrogen (secondary N) is 3. The molecule has 0 unspecified atom stereocenters. The van der Waals surface area contributed by atoms with Crippen molar-refractivity contribution >= 4 is 61.8 Å². The Balaban J connectivity index is 1.49. The van der Waals surface area contributed by atoms with Crippen LogP contribution in [-0.4, -0.2) is 22.3 Å². The van der Waals surface area contributed by atoms with Crippen LogP contribution >= 0.6 is 27.5 Å². The summed E-state index contributed by atoms with van der Waals surface area (Å²) in [6, 6.07) is 20.0. The van der Waals surface area contributed by atoms with Gasteiger partial charge in [-0.15, -0.1) is 0 Å². The van der Waals surface area contributed by atoms with Crippen LogP contribution in [0.5, 0.6) is 0 Å². The van der Waals surface area contributed by atoms with E-state index in [-0.39, 0.29) is 29.7 Å². The fourth-order valence-electron chi connectivity index (χ4n) is 4.20. The average molecular weight is 610 g/mol. The minimum atomic E-state index is -0.367. The van der Waals surface area contributed by atoms with Crippen molar-refractivity contribution in [2.75, 3.05) is 5.32 Å². The number of anilines is 1. The minimum absolute atomic E-state index is 0.0667. The number of halogens is 2. The predicted octanol–water partition coefficient (Wildman–Crippen LogP) is 6.61. The molecule has 0 bridgehead atoms. The van der Waals surface area contributed by atoms with Gasteiger partial charge in [-0.25, -0.2) is 0 Å². The van der Waals surface area contributed by atoms with E-state index in [2.05, 4.69) is 31.9 Å². The number of fused-ring (bicyclic) bond motifs is 1. The molecule has 3 amide bonds. The smallest absolute Gasteiger partial charge is 0.268 e. The lowest BCUT2D eigenvalue weighted by Crippen LogP contribution is -2.28. The Labute approximate surface area is 241 Å². The summed E-state index contributed by atoms with van der Waals surface area (Å²) in [4.78, 5) is 38.1. The molecule has 39 heavy (non-hydrogen) atoms. The zero-order chi connectivity index (χ0) is 28.3. The monoisotopic (exact) mass is 608 g/mol. The third-order valence-corrected chi connectivity index (χ3v) is 7.38. The third-order valence-electron chi connectivity index (χ3n) is 6.52. The van der Waals surface area contributed by atoms with Gasteiger partial charge in [-0.1, -0.05) is 59.6 Å². The summed E-state index contributed by atoms with van der Waals surface area (Å²) in [6.07, 6.45) is 0. The Hall–Kier alpha value is -3.62. The summed E-state index contributed by atoms with van der Waals surface area (Å²) >= 11 is 9.75. The fourth-order valence-corrected chi connectivity index (χ4v) is 4.67. The zero-order valence-corrected chi connectivity index (χ0v) is 24.5. The van der Waals surface area contributed by atoms with Crippen molar-refractivity contribution in [1.29, 1.82) is 0 Å². The predicted molar refractivity (Wildman–Crippen MR) is 159 cm³/mol. The maximum absolute atomic E-state index is 13.1. The first-order valence-electron chi connectivity index (χ1n) is 12.6. The molecular formula is C30H30BrClN4O3. The van der Waals surface area contributed by atoms with Crippen LogP contribution in [0.3, 0.4) is 0 Å². The number of rotatable bonds is 8. The molecule has 202 valence electrons. The van der Waals surface area contributed by atoms with Crippen molar-refractivity contribution in [3.05, 3.63) is 98.6 Å². The van der Waals surface area contributed by atoms with Gasteiger partial charge < -0.3 is 20.5 Å². The molecule has 0 saturated carbocycles. The first kappa shape index (κ1) is 28.4. The van der Waals surface area contributed by atoms with Gasteiger partial charge in [0.05, 0.1) is 16.6 Å². The number of aromatic nitrogens is 1. The Morgan fingerprint density at radius 2 is 1.64 bits per heavy atom. The average Bonchev–Trinajstić information content (AvgIpc) is 3.23. The Bertz CT molecular complexity index is 1550. The van der Waals surface area contributed by atoms with E-state index in [1.54, 1.807) is 30.3 Å². The largest absolute Gasteiger partial charge is 0.352 e. The molecule has 0 radical (unpaired) electrons.